The van der Waals surface area contributed by atoms with Crippen LogP contribution in [0.5, 0.6) is 11.5 Å². The van der Waals surface area contributed by atoms with Crippen LogP contribution in [0.3, 0.4) is 0 Å². The molecule has 1 saturated heterocycles. The highest BCUT2D eigenvalue weighted by Gasteiger charge is 2.23. The van der Waals surface area contributed by atoms with Gasteiger partial charge in [0.2, 0.25) is 5.95 Å². The molecule has 4 rings (SSSR count). The molecular formula is C21H29N5O2. The quantitative estimate of drug-likeness (QED) is 0.802. The van der Waals surface area contributed by atoms with Crippen molar-refractivity contribution in [2.75, 3.05) is 63.8 Å². The van der Waals surface area contributed by atoms with Crippen LogP contribution in [0.2, 0.25) is 0 Å². The maximum absolute atomic E-state index is 5.49. The van der Waals surface area contributed by atoms with Gasteiger partial charge in [0.05, 0.1) is 14.2 Å². The molecule has 0 aliphatic carbocycles. The third kappa shape index (κ3) is 3.71. The Kier molecular flexibility index (Phi) is 5.26. The van der Waals surface area contributed by atoms with Crippen molar-refractivity contribution in [3.05, 3.63) is 35.0 Å². The second-order valence-corrected chi connectivity index (χ2v) is 7.61. The molecule has 0 atom stereocenters. The number of aryl methyl sites for hydroxylation is 1. The fourth-order valence-electron chi connectivity index (χ4n) is 3.93. The number of benzene rings is 1. The van der Waals surface area contributed by atoms with Crippen LogP contribution in [0.4, 0.5) is 11.8 Å². The van der Waals surface area contributed by atoms with E-state index >= 15 is 0 Å². The summed E-state index contributed by atoms with van der Waals surface area (Å²) >= 11 is 0. The van der Waals surface area contributed by atoms with Gasteiger partial charge in [0.15, 0.2) is 11.5 Å². The summed E-state index contributed by atoms with van der Waals surface area (Å²) in [6.45, 7) is 7.83. The highest BCUT2D eigenvalue weighted by Crippen LogP contribution is 2.34. The maximum Gasteiger partial charge on any atom is 0.227 e. The molecule has 2 aliphatic heterocycles. The SMILES string of the molecule is COc1cc2c(cc1OC)CN(c1cc(C)nc(N3CCN(C)CC3)n1)CC2. The molecular weight excluding hydrogens is 354 g/mol. The first kappa shape index (κ1) is 18.8. The molecule has 0 bridgehead atoms. The van der Waals surface area contributed by atoms with Crippen LogP contribution in [0.1, 0.15) is 16.8 Å². The molecule has 0 saturated carbocycles. The Labute approximate surface area is 166 Å². The van der Waals surface area contributed by atoms with Gasteiger partial charge >= 0.3 is 0 Å². The molecule has 0 spiro atoms. The van der Waals surface area contributed by atoms with E-state index in [1.165, 1.54) is 11.1 Å². The van der Waals surface area contributed by atoms with Crippen molar-refractivity contribution in [1.82, 2.24) is 14.9 Å². The van der Waals surface area contributed by atoms with Crippen molar-refractivity contribution < 1.29 is 9.47 Å². The first-order valence-electron chi connectivity index (χ1n) is 9.85. The fourth-order valence-corrected chi connectivity index (χ4v) is 3.93. The van der Waals surface area contributed by atoms with Crippen LogP contribution < -0.4 is 19.3 Å². The topological polar surface area (TPSA) is 54.0 Å². The van der Waals surface area contributed by atoms with Gasteiger partial charge in [-0.05, 0) is 43.7 Å². The zero-order chi connectivity index (χ0) is 19.7. The molecule has 2 aromatic rings. The van der Waals surface area contributed by atoms with E-state index in [-0.39, 0.29) is 0 Å². The van der Waals surface area contributed by atoms with Crippen LogP contribution in [-0.4, -0.2) is 68.9 Å². The smallest absolute Gasteiger partial charge is 0.227 e. The van der Waals surface area contributed by atoms with Crippen LogP contribution in [0.15, 0.2) is 18.2 Å². The van der Waals surface area contributed by atoms with Crippen molar-refractivity contribution in [2.24, 2.45) is 0 Å². The summed E-state index contributed by atoms with van der Waals surface area (Å²) in [5, 5.41) is 0. The van der Waals surface area contributed by atoms with Gasteiger partial charge < -0.3 is 24.2 Å². The Bertz CT molecular complexity index is 849. The van der Waals surface area contributed by atoms with Crippen LogP contribution in [0, 0.1) is 6.92 Å². The number of hydrogen-bond donors (Lipinski definition) is 0. The average molecular weight is 383 g/mol. The lowest BCUT2D eigenvalue weighted by molar-refractivity contribution is 0.311. The summed E-state index contributed by atoms with van der Waals surface area (Å²) in [5.41, 5.74) is 3.59. The number of nitrogens with zero attached hydrogens (tertiary/aromatic N) is 5. The maximum atomic E-state index is 5.49. The molecule has 1 aromatic heterocycles. The number of rotatable bonds is 4. The van der Waals surface area contributed by atoms with Gasteiger partial charge in [-0.1, -0.05) is 0 Å². The van der Waals surface area contributed by atoms with Crippen molar-refractivity contribution in [3.8, 4) is 11.5 Å². The summed E-state index contributed by atoms with van der Waals surface area (Å²) < 4.78 is 10.9. The Morgan fingerprint density at radius 1 is 0.821 bits per heavy atom. The lowest BCUT2D eigenvalue weighted by Gasteiger charge is -2.34. The minimum atomic E-state index is 0.778. The molecule has 7 nitrogen and oxygen atoms in total. The van der Waals surface area contributed by atoms with E-state index in [1.807, 2.05) is 0 Å². The lowest BCUT2D eigenvalue weighted by Crippen LogP contribution is -2.45. The highest BCUT2D eigenvalue weighted by molar-refractivity contribution is 5.53. The molecule has 150 valence electrons. The first-order chi connectivity index (χ1) is 13.6. The summed E-state index contributed by atoms with van der Waals surface area (Å²) in [6.07, 6.45) is 0.961. The monoisotopic (exact) mass is 383 g/mol. The third-order valence-electron chi connectivity index (χ3n) is 5.66. The van der Waals surface area contributed by atoms with Gasteiger partial charge in [-0.15, -0.1) is 0 Å². The minimum Gasteiger partial charge on any atom is -0.493 e. The van der Waals surface area contributed by atoms with Gasteiger partial charge in [0, 0.05) is 51.0 Å². The molecule has 3 heterocycles. The number of piperazine rings is 1. The van der Waals surface area contributed by atoms with Gasteiger partial charge in [0.25, 0.3) is 0 Å². The molecule has 0 radical (unpaired) electrons. The second kappa shape index (κ2) is 7.83. The minimum absolute atomic E-state index is 0.778. The zero-order valence-electron chi connectivity index (χ0n) is 17.2. The van der Waals surface area contributed by atoms with E-state index in [1.54, 1.807) is 14.2 Å². The van der Waals surface area contributed by atoms with Crippen LogP contribution >= 0.6 is 0 Å². The van der Waals surface area contributed by atoms with Crippen LogP contribution in [-0.2, 0) is 13.0 Å². The van der Waals surface area contributed by atoms with E-state index < -0.39 is 0 Å². The molecule has 28 heavy (non-hydrogen) atoms. The Hall–Kier alpha value is -2.54. The van der Waals surface area contributed by atoms with Crippen molar-refractivity contribution in [2.45, 2.75) is 19.9 Å². The number of likely N-dealkylation sites (N-methyl/N-ethyl adjacent to an activating group) is 1. The fraction of sp³-hybridized carbons (Fsp3) is 0.524. The van der Waals surface area contributed by atoms with Crippen molar-refractivity contribution in [1.29, 1.82) is 0 Å². The molecule has 1 aromatic carbocycles. The molecule has 0 amide bonds. The molecule has 0 unspecified atom stereocenters. The summed E-state index contributed by atoms with van der Waals surface area (Å²) in [6, 6.07) is 6.29. The van der Waals surface area contributed by atoms with E-state index in [0.29, 0.717) is 0 Å². The van der Waals surface area contributed by atoms with E-state index in [2.05, 4.69) is 46.9 Å². The van der Waals surface area contributed by atoms with Gasteiger partial charge in [-0.25, -0.2) is 4.98 Å². The van der Waals surface area contributed by atoms with Crippen molar-refractivity contribution >= 4 is 11.8 Å². The first-order valence-corrected chi connectivity index (χ1v) is 9.85. The van der Waals surface area contributed by atoms with Gasteiger partial charge in [0.1, 0.15) is 5.82 Å². The lowest BCUT2D eigenvalue weighted by atomic mass is 9.99. The predicted octanol–water partition coefficient (Wildman–Crippen LogP) is 2.12. The van der Waals surface area contributed by atoms with Gasteiger partial charge in [-0.2, -0.15) is 4.98 Å². The number of anilines is 2. The Balaban J connectivity index is 1.58. The normalized spacial score (nSPS) is 17.4. The van der Waals surface area contributed by atoms with E-state index in [9.17, 15) is 0 Å². The molecule has 0 N–H and O–H groups in total. The number of ether oxygens (including phenoxy) is 2. The summed E-state index contributed by atoms with van der Waals surface area (Å²) in [7, 11) is 5.53. The Morgan fingerprint density at radius 3 is 2.18 bits per heavy atom. The third-order valence-corrected chi connectivity index (χ3v) is 5.66. The largest absolute Gasteiger partial charge is 0.493 e. The second-order valence-electron chi connectivity index (χ2n) is 7.61. The number of fused-ring (bicyclic) bond motifs is 1. The predicted molar refractivity (Wildman–Crippen MR) is 111 cm³/mol. The van der Waals surface area contributed by atoms with Crippen molar-refractivity contribution in [3.63, 3.8) is 0 Å². The average Bonchev–Trinajstić information content (AvgIpc) is 2.72. The van der Waals surface area contributed by atoms with Crippen LogP contribution in [0.25, 0.3) is 0 Å². The molecule has 1 fully saturated rings. The number of aromatic nitrogens is 2. The number of hydrogen-bond acceptors (Lipinski definition) is 7. The summed E-state index contributed by atoms with van der Waals surface area (Å²) in [4.78, 5) is 16.6. The Morgan fingerprint density at radius 2 is 1.50 bits per heavy atom. The molecule has 2 aliphatic rings. The zero-order valence-corrected chi connectivity index (χ0v) is 17.2. The van der Waals surface area contributed by atoms with E-state index in [4.69, 9.17) is 19.4 Å². The number of methoxy groups -OCH3 is 2. The van der Waals surface area contributed by atoms with Gasteiger partial charge in [-0.3, -0.25) is 0 Å². The van der Waals surface area contributed by atoms with E-state index in [0.717, 1.165) is 74.6 Å². The standard InChI is InChI=1S/C21H29N5O2/c1-15-11-20(23-21(22-15)25-9-7-24(2)8-10-25)26-6-5-16-12-18(27-3)19(28-4)13-17(16)14-26/h11-13H,5-10,14H2,1-4H3. The highest BCUT2D eigenvalue weighted by atomic mass is 16.5. The summed E-state index contributed by atoms with van der Waals surface area (Å²) in [5.74, 6) is 3.42. The molecule has 7 heteroatoms.